The summed E-state index contributed by atoms with van der Waals surface area (Å²) in [5.41, 5.74) is 6.28. The molecule has 1 heterocycles. The van der Waals surface area contributed by atoms with Gasteiger partial charge < -0.3 is 5.73 Å². The monoisotopic (exact) mass is 253 g/mol. The second kappa shape index (κ2) is 5.38. The van der Waals surface area contributed by atoms with E-state index in [1.807, 2.05) is 17.5 Å². The molecule has 1 aromatic carbocycles. The molecule has 0 bridgehead atoms. The summed E-state index contributed by atoms with van der Waals surface area (Å²) >= 11 is 1.62. The SMILES string of the molecule is NC(Cc1cccs1)Cc1cc(F)ccc1F. The smallest absolute Gasteiger partial charge is 0.126 e. The number of thiophene rings is 1. The molecule has 2 rings (SSSR count). The predicted molar refractivity (Wildman–Crippen MR) is 66.1 cm³/mol. The number of hydrogen-bond donors (Lipinski definition) is 1. The van der Waals surface area contributed by atoms with E-state index in [0.717, 1.165) is 17.0 Å². The van der Waals surface area contributed by atoms with Crippen molar-refractivity contribution in [3.05, 3.63) is 57.8 Å². The van der Waals surface area contributed by atoms with Gasteiger partial charge in [0.1, 0.15) is 11.6 Å². The zero-order valence-corrected chi connectivity index (χ0v) is 10.0. The highest BCUT2D eigenvalue weighted by Crippen LogP contribution is 2.15. The summed E-state index contributed by atoms with van der Waals surface area (Å²) in [4.78, 5) is 1.16. The van der Waals surface area contributed by atoms with E-state index in [-0.39, 0.29) is 6.04 Å². The molecule has 0 aliphatic rings. The molecule has 0 amide bonds. The third-order valence-electron chi connectivity index (χ3n) is 2.53. The molecule has 1 aromatic heterocycles. The van der Waals surface area contributed by atoms with Crippen molar-refractivity contribution < 1.29 is 8.78 Å². The van der Waals surface area contributed by atoms with Gasteiger partial charge in [0.2, 0.25) is 0 Å². The van der Waals surface area contributed by atoms with Gasteiger partial charge in [0.25, 0.3) is 0 Å². The first-order valence-corrected chi connectivity index (χ1v) is 6.25. The van der Waals surface area contributed by atoms with Crippen LogP contribution in [0.25, 0.3) is 0 Å². The predicted octanol–water partition coefficient (Wildman–Crippen LogP) is 3.14. The lowest BCUT2D eigenvalue weighted by Crippen LogP contribution is -2.25. The molecule has 2 N–H and O–H groups in total. The highest BCUT2D eigenvalue weighted by atomic mass is 32.1. The molecule has 0 saturated heterocycles. The van der Waals surface area contributed by atoms with Crippen LogP contribution in [0.3, 0.4) is 0 Å². The highest BCUT2D eigenvalue weighted by molar-refractivity contribution is 7.09. The molecule has 0 aliphatic heterocycles. The van der Waals surface area contributed by atoms with Gasteiger partial charge in [-0.05, 0) is 48.1 Å². The molecule has 0 aliphatic carbocycles. The van der Waals surface area contributed by atoms with Gasteiger partial charge in [0.05, 0.1) is 0 Å². The highest BCUT2D eigenvalue weighted by Gasteiger charge is 2.10. The summed E-state index contributed by atoms with van der Waals surface area (Å²) in [6.07, 6.45) is 1.04. The Kier molecular flexibility index (Phi) is 3.86. The summed E-state index contributed by atoms with van der Waals surface area (Å²) in [7, 11) is 0. The standard InChI is InChI=1S/C13H13F2NS/c14-10-3-4-13(15)9(6-10)7-11(16)8-12-2-1-5-17-12/h1-6,11H,7-8,16H2. The molecular weight excluding hydrogens is 240 g/mol. The summed E-state index contributed by atoms with van der Waals surface area (Å²) in [6.45, 7) is 0. The van der Waals surface area contributed by atoms with Crippen LogP contribution in [0, 0.1) is 11.6 Å². The fourth-order valence-corrected chi connectivity index (χ4v) is 2.54. The van der Waals surface area contributed by atoms with E-state index in [1.165, 1.54) is 6.07 Å². The van der Waals surface area contributed by atoms with E-state index < -0.39 is 11.6 Å². The first kappa shape index (κ1) is 12.2. The van der Waals surface area contributed by atoms with Gasteiger partial charge >= 0.3 is 0 Å². The normalized spacial score (nSPS) is 12.6. The lowest BCUT2D eigenvalue weighted by molar-refractivity contribution is 0.567. The van der Waals surface area contributed by atoms with Crippen molar-refractivity contribution >= 4 is 11.3 Å². The average molecular weight is 253 g/mol. The maximum Gasteiger partial charge on any atom is 0.126 e. The minimum absolute atomic E-state index is 0.190. The van der Waals surface area contributed by atoms with Crippen molar-refractivity contribution in [1.29, 1.82) is 0 Å². The lowest BCUT2D eigenvalue weighted by atomic mass is 10.0. The maximum atomic E-state index is 13.4. The molecule has 4 heteroatoms. The number of benzene rings is 1. The van der Waals surface area contributed by atoms with Crippen LogP contribution < -0.4 is 5.73 Å². The number of nitrogens with two attached hydrogens (primary N) is 1. The number of halogens is 2. The Bertz CT molecular complexity index is 482. The largest absolute Gasteiger partial charge is 0.327 e. The molecule has 1 atom stereocenters. The molecule has 90 valence electrons. The van der Waals surface area contributed by atoms with Gasteiger partial charge in [0, 0.05) is 10.9 Å². The molecule has 0 spiro atoms. The topological polar surface area (TPSA) is 26.0 Å². The van der Waals surface area contributed by atoms with Crippen LogP contribution in [-0.4, -0.2) is 6.04 Å². The third kappa shape index (κ3) is 3.35. The molecule has 2 aromatic rings. The van der Waals surface area contributed by atoms with Crippen molar-refractivity contribution in [3.8, 4) is 0 Å². The van der Waals surface area contributed by atoms with Gasteiger partial charge in [-0.15, -0.1) is 11.3 Å². The van der Waals surface area contributed by atoms with E-state index in [1.54, 1.807) is 11.3 Å². The Balaban J connectivity index is 2.02. The van der Waals surface area contributed by atoms with Gasteiger partial charge in [-0.2, -0.15) is 0 Å². The molecule has 1 unspecified atom stereocenters. The number of rotatable bonds is 4. The van der Waals surface area contributed by atoms with Gasteiger partial charge in [-0.25, -0.2) is 8.78 Å². The van der Waals surface area contributed by atoms with Crippen LogP contribution in [0.1, 0.15) is 10.4 Å². The fourth-order valence-electron chi connectivity index (χ4n) is 1.74. The van der Waals surface area contributed by atoms with Crippen LogP contribution in [-0.2, 0) is 12.8 Å². The minimum Gasteiger partial charge on any atom is -0.327 e. The van der Waals surface area contributed by atoms with Gasteiger partial charge in [-0.1, -0.05) is 6.07 Å². The van der Waals surface area contributed by atoms with Crippen molar-refractivity contribution in [2.75, 3.05) is 0 Å². The molecule has 0 radical (unpaired) electrons. The van der Waals surface area contributed by atoms with Crippen LogP contribution in [0.15, 0.2) is 35.7 Å². The maximum absolute atomic E-state index is 13.4. The van der Waals surface area contributed by atoms with E-state index in [0.29, 0.717) is 18.4 Å². The molecule has 17 heavy (non-hydrogen) atoms. The van der Waals surface area contributed by atoms with Gasteiger partial charge in [0.15, 0.2) is 0 Å². The van der Waals surface area contributed by atoms with Crippen molar-refractivity contribution in [1.82, 2.24) is 0 Å². The first-order valence-electron chi connectivity index (χ1n) is 5.37. The third-order valence-corrected chi connectivity index (χ3v) is 3.43. The molecule has 1 nitrogen and oxygen atoms in total. The van der Waals surface area contributed by atoms with Crippen LogP contribution in [0.2, 0.25) is 0 Å². The molecule has 0 saturated carbocycles. The molecular formula is C13H13F2NS. The summed E-state index contributed by atoms with van der Waals surface area (Å²) in [6, 6.07) is 7.22. The Labute approximate surface area is 103 Å². The Morgan fingerprint density at radius 1 is 1.18 bits per heavy atom. The van der Waals surface area contributed by atoms with Gasteiger partial charge in [-0.3, -0.25) is 0 Å². The second-order valence-corrected chi connectivity index (χ2v) is 5.02. The van der Waals surface area contributed by atoms with Crippen LogP contribution >= 0.6 is 11.3 Å². The van der Waals surface area contributed by atoms with E-state index in [4.69, 9.17) is 5.73 Å². The van der Waals surface area contributed by atoms with Crippen molar-refractivity contribution in [2.45, 2.75) is 18.9 Å². The van der Waals surface area contributed by atoms with Crippen LogP contribution in [0.4, 0.5) is 8.78 Å². The average Bonchev–Trinajstić information content (AvgIpc) is 2.76. The van der Waals surface area contributed by atoms with Crippen LogP contribution in [0.5, 0.6) is 0 Å². The second-order valence-electron chi connectivity index (χ2n) is 3.98. The number of hydrogen-bond acceptors (Lipinski definition) is 2. The zero-order valence-electron chi connectivity index (χ0n) is 9.20. The van der Waals surface area contributed by atoms with Crippen molar-refractivity contribution in [3.63, 3.8) is 0 Å². The van der Waals surface area contributed by atoms with E-state index in [2.05, 4.69) is 0 Å². The molecule has 0 fully saturated rings. The Morgan fingerprint density at radius 3 is 2.71 bits per heavy atom. The zero-order chi connectivity index (χ0) is 12.3. The van der Waals surface area contributed by atoms with E-state index >= 15 is 0 Å². The lowest BCUT2D eigenvalue weighted by Gasteiger charge is -2.11. The Hall–Kier alpha value is -1.26. The quantitative estimate of drug-likeness (QED) is 0.890. The fraction of sp³-hybridized carbons (Fsp3) is 0.231. The van der Waals surface area contributed by atoms with Crippen molar-refractivity contribution in [2.24, 2.45) is 5.73 Å². The summed E-state index contributed by atoms with van der Waals surface area (Å²) in [5.74, 6) is -0.822. The van der Waals surface area contributed by atoms with E-state index in [9.17, 15) is 8.78 Å². The summed E-state index contributed by atoms with van der Waals surface area (Å²) < 4.78 is 26.4. The Morgan fingerprint density at radius 2 is 2.00 bits per heavy atom. The first-order chi connectivity index (χ1) is 8.15. The summed E-state index contributed by atoms with van der Waals surface area (Å²) in [5, 5.41) is 1.98. The minimum atomic E-state index is -0.426.